The van der Waals surface area contributed by atoms with E-state index in [2.05, 4.69) is 9.59 Å². The van der Waals surface area contributed by atoms with Gasteiger partial charge in [0, 0.05) is 11.5 Å². The zero-order chi connectivity index (χ0) is 7.56. The number of carbonyl (C=O) groups is 1. The molecule has 0 bridgehead atoms. The number of nitrogens with two attached hydrogens (primary N) is 2. The number of nitrogens with zero attached hydrogens (tertiary/aromatic N) is 2. The average Bonchev–Trinajstić information content (AvgIpc) is 2.34. The van der Waals surface area contributed by atoms with E-state index in [0.717, 1.165) is 11.5 Å². The molecule has 0 saturated heterocycles. The Morgan fingerprint density at radius 1 is 1.64 bits per heavy atom. The monoisotopic (exact) mass is 195 g/mol. The van der Waals surface area contributed by atoms with E-state index in [1.165, 1.54) is 0 Å². The van der Waals surface area contributed by atoms with Crippen molar-refractivity contribution in [3.63, 3.8) is 0 Å². The lowest BCUT2D eigenvalue weighted by Crippen LogP contribution is -2.30. The Morgan fingerprint density at radius 3 is 2.64 bits per heavy atom. The van der Waals surface area contributed by atoms with Gasteiger partial charge >= 0.3 is 0 Å². The van der Waals surface area contributed by atoms with Crippen LogP contribution in [0, 0.1) is 0 Å². The van der Waals surface area contributed by atoms with Gasteiger partial charge in [-0.3, -0.25) is 10.2 Å². The van der Waals surface area contributed by atoms with Crippen LogP contribution in [0.3, 0.4) is 0 Å². The second kappa shape index (κ2) is 4.06. The maximum Gasteiger partial charge on any atom is 0.288 e. The molecule has 0 atom stereocenters. The molecule has 1 amide bonds. The number of nitrogen functional groups attached to an aromatic ring is 2. The standard InChI is InChI=1S/C3H5N5OS.ClH/c4-2-1(3(9)6-5)7-8-10-2;/h4-5H2,(H,6,9);1H. The molecular weight excluding hydrogens is 190 g/mol. The van der Waals surface area contributed by atoms with E-state index in [-0.39, 0.29) is 23.1 Å². The molecule has 0 aliphatic rings. The zero-order valence-electron chi connectivity index (χ0n) is 5.27. The van der Waals surface area contributed by atoms with Gasteiger partial charge in [0.2, 0.25) is 0 Å². The molecule has 6 nitrogen and oxygen atoms in total. The number of aromatic nitrogens is 2. The molecule has 0 unspecified atom stereocenters. The minimum atomic E-state index is -0.522. The van der Waals surface area contributed by atoms with Crippen LogP contribution in [-0.4, -0.2) is 15.5 Å². The second-order valence-corrected chi connectivity index (χ2v) is 2.24. The van der Waals surface area contributed by atoms with Crippen LogP contribution in [0.5, 0.6) is 0 Å². The minimum absolute atomic E-state index is 0. The molecule has 62 valence electrons. The number of anilines is 1. The summed E-state index contributed by atoms with van der Waals surface area (Å²) in [6, 6.07) is 0. The molecule has 1 rings (SSSR count). The van der Waals surface area contributed by atoms with E-state index in [1.807, 2.05) is 5.43 Å². The van der Waals surface area contributed by atoms with Crippen LogP contribution in [0.4, 0.5) is 5.00 Å². The van der Waals surface area contributed by atoms with Gasteiger partial charge in [0.05, 0.1) is 0 Å². The van der Waals surface area contributed by atoms with E-state index >= 15 is 0 Å². The SMILES string of the molecule is Cl.NNC(=O)c1nnsc1N. The molecule has 1 aromatic rings. The Balaban J connectivity index is 0.000001000. The van der Waals surface area contributed by atoms with Gasteiger partial charge in [0.1, 0.15) is 5.00 Å². The van der Waals surface area contributed by atoms with Crippen LogP contribution < -0.4 is 17.0 Å². The highest BCUT2D eigenvalue weighted by atomic mass is 35.5. The van der Waals surface area contributed by atoms with Crippen molar-refractivity contribution in [2.75, 3.05) is 5.73 Å². The topological polar surface area (TPSA) is 107 Å². The summed E-state index contributed by atoms with van der Waals surface area (Å²) in [5, 5.41) is 3.70. The number of hydrogen-bond acceptors (Lipinski definition) is 6. The lowest BCUT2D eigenvalue weighted by molar-refractivity contribution is 0.0949. The summed E-state index contributed by atoms with van der Waals surface area (Å²) in [5.74, 6) is 4.29. The molecule has 8 heteroatoms. The Bertz CT molecular complexity index is 250. The first-order chi connectivity index (χ1) is 4.75. The predicted molar refractivity (Wildman–Crippen MR) is 43.2 cm³/mol. The van der Waals surface area contributed by atoms with Gasteiger partial charge in [0.15, 0.2) is 5.69 Å². The molecule has 0 spiro atoms. The summed E-state index contributed by atoms with van der Waals surface area (Å²) in [6.45, 7) is 0. The lowest BCUT2D eigenvalue weighted by Gasteiger charge is -1.91. The number of nitrogens with one attached hydrogen (secondary N) is 1. The van der Waals surface area contributed by atoms with Gasteiger partial charge < -0.3 is 5.73 Å². The molecule has 0 aromatic carbocycles. The first-order valence-corrected chi connectivity index (χ1v) is 3.12. The van der Waals surface area contributed by atoms with E-state index in [9.17, 15) is 4.79 Å². The number of hydrogen-bond donors (Lipinski definition) is 3. The first-order valence-electron chi connectivity index (χ1n) is 2.34. The number of hydrazine groups is 1. The van der Waals surface area contributed by atoms with Gasteiger partial charge in [-0.05, 0) is 0 Å². The van der Waals surface area contributed by atoms with Crippen molar-refractivity contribution >= 4 is 34.8 Å². The second-order valence-electron chi connectivity index (χ2n) is 1.46. The summed E-state index contributed by atoms with van der Waals surface area (Å²) in [6.07, 6.45) is 0. The van der Waals surface area contributed by atoms with Crippen molar-refractivity contribution < 1.29 is 4.79 Å². The summed E-state index contributed by atoms with van der Waals surface area (Å²) in [4.78, 5) is 10.7. The van der Waals surface area contributed by atoms with Crippen molar-refractivity contribution in [1.82, 2.24) is 15.0 Å². The third kappa shape index (κ3) is 2.00. The van der Waals surface area contributed by atoms with Crippen molar-refractivity contribution in [2.45, 2.75) is 0 Å². The predicted octanol–water partition coefficient (Wildman–Crippen LogP) is -0.854. The number of carbonyl (C=O) groups excluding carboxylic acids is 1. The van der Waals surface area contributed by atoms with Crippen molar-refractivity contribution in [3.8, 4) is 0 Å². The number of amides is 1. The van der Waals surface area contributed by atoms with E-state index in [1.54, 1.807) is 0 Å². The third-order valence-corrected chi connectivity index (χ3v) is 1.41. The number of rotatable bonds is 1. The van der Waals surface area contributed by atoms with Gasteiger partial charge in [0.25, 0.3) is 5.91 Å². The zero-order valence-corrected chi connectivity index (χ0v) is 6.91. The van der Waals surface area contributed by atoms with Crippen LogP contribution in [0.25, 0.3) is 0 Å². The summed E-state index contributed by atoms with van der Waals surface area (Å²) in [5.41, 5.74) is 7.26. The fraction of sp³-hybridized carbons (Fsp3) is 0. The van der Waals surface area contributed by atoms with Crippen molar-refractivity contribution in [2.24, 2.45) is 5.84 Å². The summed E-state index contributed by atoms with van der Waals surface area (Å²) < 4.78 is 3.44. The van der Waals surface area contributed by atoms with Crippen LogP contribution >= 0.6 is 23.9 Å². The smallest absolute Gasteiger partial charge is 0.288 e. The largest absolute Gasteiger partial charge is 0.387 e. The Labute approximate surface area is 72.5 Å². The number of halogens is 1. The third-order valence-electron chi connectivity index (χ3n) is 0.860. The van der Waals surface area contributed by atoms with Gasteiger partial charge in [-0.15, -0.1) is 17.5 Å². The Kier molecular flexibility index (Phi) is 3.72. The van der Waals surface area contributed by atoms with Crippen molar-refractivity contribution in [1.29, 1.82) is 0 Å². The Hall–Kier alpha value is -0.920. The maximum absolute atomic E-state index is 10.7. The minimum Gasteiger partial charge on any atom is -0.387 e. The van der Waals surface area contributed by atoms with Crippen LogP contribution in [0.15, 0.2) is 0 Å². The van der Waals surface area contributed by atoms with Gasteiger partial charge in [-0.2, -0.15) is 0 Å². The van der Waals surface area contributed by atoms with E-state index in [0.29, 0.717) is 0 Å². The van der Waals surface area contributed by atoms with Gasteiger partial charge in [-0.25, -0.2) is 5.84 Å². The molecule has 0 saturated carbocycles. The molecule has 0 radical (unpaired) electrons. The fourth-order valence-electron chi connectivity index (χ4n) is 0.423. The van der Waals surface area contributed by atoms with Crippen LogP contribution in [-0.2, 0) is 0 Å². The molecule has 1 aromatic heterocycles. The molecule has 1 heterocycles. The fourth-order valence-corrected chi connectivity index (χ4v) is 0.854. The van der Waals surface area contributed by atoms with E-state index in [4.69, 9.17) is 11.6 Å². The highest BCUT2D eigenvalue weighted by Crippen LogP contribution is 2.10. The highest BCUT2D eigenvalue weighted by Gasteiger charge is 2.11. The first kappa shape index (κ1) is 10.1. The molecular formula is C3H6ClN5OS. The van der Waals surface area contributed by atoms with Crippen LogP contribution in [0.2, 0.25) is 0 Å². The quantitative estimate of drug-likeness (QED) is 0.307. The maximum atomic E-state index is 10.7. The van der Waals surface area contributed by atoms with Crippen molar-refractivity contribution in [3.05, 3.63) is 5.69 Å². The summed E-state index contributed by atoms with van der Waals surface area (Å²) in [7, 11) is 0. The molecule has 0 fully saturated rings. The molecule has 5 N–H and O–H groups in total. The molecule has 0 aliphatic carbocycles. The van der Waals surface area contributed by atoms with E-state index < -0.39 is 5.91 Å². The molecule has 0 aliphatic heterocycles. The highest BCUT2D eigenvalue weighted by molar-refractivity contribution is 7.10. The Morgan fingerprint density at radius 2 is 2.27 bits per heavy atom. The van der Waals surface area contributed by atoms with Gasteiger partial charge in [-0.1, -0.05) is 4.49 Å². The summed E-state index contributed by atoms with van der Waals surface area (Å²) >= 11 is 0.948. The lowest BCUT2D eigenvalue weighted by atomic mass is 10.4. The average molecular weight is 196 g/mol. The molecule has 11 heavy (non-hydrogen) atoms. The normalized spacial score (nSPS) is 8.45. The van der Waals surface area contributed by atoms with Crippen LogP contribution in [0.1, 0.15) is 10.5 Å².